The number of aliphatic hydroxyl groups is 2. The summed E-state index contributed by atoms with van der Waals surface area (Å²) >= 11 is 0. The molecule has 3 aromatic rings. The van der Waals surface area contributed by atoms with Gasteiger partial charge in [-0.2, -0.15) is 0 Å². The van der Waals surface area contributed by atoms with Crippen LogP contribution in [-0.2, 0) is 23.5 Å². The van der Waals surface area contributed by atoms with Crippen LogP contribution in [0.15, 0.2) is 41.2 Å². The molecule has 0 amide bonds. The molecule has 28 heavy (non-hydrogen) atoms. The Morgan fingerprint density at radius 3 is 2.68 bits per heavy atom. The van der Waals surface area contributed by atoms with Crippen molar-refractivity contribution in [2.75, 3.05) is 0 Å². The van der Waals surface area contributed by atoms with E-state index < -0.39 is 23.7 Å². The average Bonchev–Trinajstić information content (AvgIpc) is 3.03. The van der Waals surface area contributed by atoms with Gasteiger partial charge in [-0.25, -0.2) is 9.78 Å². The predicted octanol–water partition coefficient (Wildman–Crippen LogP) is -1.28. The second kappa shape index (κ2) is 7.42. The summed E-state index contributed by atoms with van der Waals surface area (Å²) < 4.78 is 1.46. The van der Waals surface area contributed by atoms with Gasteiger partial charge >= 0.3 is 35.5 Å². The van der Waals surface area contributed by atoms with Crippen molar-refractivity contribution in [3.05, 3.63) is 63.4 Å². The van der Waals surface area contributed by atoms with Crippen LogP contribution in [0.4, 0.5) is 0 Å². The summed E-state index contributed by atoms with van der Waals surface area (Å²) in [6.45, 7) is 1.14. The summed E-state index contributed by atoms with van der Waals surface area (Å²) in [4.78, 5) is 29.3. The number of aromatic nitrogens is 2. The van der Waals surface area contributed by atoms with Gasteiger partial charge in [0, 0.05) is 22.1 Å². The largest absolute Gasteiger partial charge is 1.00 e. The predicted molar refractivity (Wildman–Crippen MR) is 99.4 cm³/mol. The molecule has 0 radical (unpaired) electrons. The molecule has 0 aliphatic carbocycles. The zero-order valence-corrected chi connectivity index (χ0v) is 17.6. The molecule has 0 spiro atoms. The fourth-order valence-electron chi connectivity index (χ4n) is 3.69. The first kappa shape index (κ1) is 20.7. The summed E-state index contributed by atoms with van der Waals surface area (Å²) in [6, 6.07) is 11.0. The number of rotatable bonds is 4. The molecule has 1 unspecified atom stereocenters. The van der Waals surface area contributed by atoms with Gasteiger partial charge in [0.15, 0.2) is 5.60 Å². The van der Waals surface area contributed by atoms with Crippen LogP contribution < -0.4 is 35.1 Å². The van der Waals surface area contributed by atoms with Crippen LogP contribution in [0.2, 0.25) is 0 Å². The first-order valence-electron chi connectivity index (χ1n) is 8.63. The fourth-order valence-corrected chi connectivity index (χ4v) is 3.69. The van der Waals surface area contributed by atoms with Gasteiger partial charge in [-0.05, 0) is 24.6 Å². The van der Waals surface area contributed by atoms with Crippen molar-refractivity contribution in [3.8, 4) is 11.4 Å². The van der Waals surface area contributed by atoms with E-state index >= 15 is 0 Å². The van der Waals surface area contributed by atoms with E-state index in [1.807, 2.05) is 30.3 Å². The molecule has 8 heteroatoms. The molecule has 1 aromatic carbocycles. The third-order valence-electron chi connectivity index (χ3n) is 5.24. The molecule has 4 rings (SSSR count). The van der Waals surface area contributed by atoms with Crippen molar-refractivity contribution < 1.29 is 51.1 Å². The number of aliphatic hydroxyl groups excluding tert-OH is 1. The molecular weight excluding hydrogens is 371 g/mol. The summed E-state index contributed by atoms with van der Waals surface area (Å²) in [5.41, 5.74) is -0.341. The number of hydrogen-bond donors (Lipinski definition) is 3. The molecule has 140 valence electrons. The van der Waals surface area contributed by atoms with E-state index in [4.69, 9.17) is 0 Å². The number of pyridine rings is 2. The first-order chi connectivity index (χ1) is 12.9. The number of carboxylic acid groups (broad SMARTS) is 1. The van der Waals surface area contributed by atoms with Gasteiger partial charge in [-0.15, -0.1) is 0 Å². The molecule has 0 fully saturated rings. The van der Waals surface area contributed by atoms with E-state index in [-0.39, 0.29) is 55.1 Å². The van der Waals surface area contributed by atoms with E-state index in [0.717, 1.165) is 16.5 Å². The van der Waals surface area contributed by atoms with E-state index in [1.54, 1.807) is 0 Å². The Balaban J connectivity index is 0.00000150. The molecule has 0 saturated heterocycles. The zero-order chi connectivity index (χ0) is 19.3. The molecule has 7 nitrogen and oxygen atoms in total. The van der Waals surface area contributed by atoms with Crippen molar-refractivity contribution in [3.63, 3.8) is 0 Å². The Kier molecular flexibility index (Phi) is 5.49. The minimum Gasteiger partial charge on any atom is -1.00 e. The Bertz CT molecular complexity index is 1160. The smallest absolute Gasteiger partial charge is 1.00 e. The maximum atomic E-state index is 12.9. The molecule has 1 aliphatic rings. The molecular formula is C20H19N2NaO5. The second-order valence-corrected chi connectivity index (χ2v) is 6.68. The Morgan fingerprint density at radius 1 is 1.32 bits per heavy atom. The third kappa shape index (κ3) is 2.91. The monoisotopic (exact) mass is 390 g/mol. The maximum Gasteiger partial charge on any atom is 1.00 e. The maximum absolute atomic E-state index is 12.9. The molecule has 1 aliphatic heterocycles. The van der Waals surface area contributed by atoms with Crippen LogP contribution in [0, 0.1) is 0 Å². The van der Waals surface area contributed by atoms with Crippen molar-refractivity contribution in [2.45, 2.75) is 32.1 Å². The number of carbonyl (C=O) groups is 1. The Morgan fingerprint density at radius 2 is 2.04 bits per heavy atom. The van der Waals surface area contributed by atoms with Crippen molar-refractivity contribution in [1.29, 1.82) is 0 Å². The number of aliphatic carboxylic acids is 1. The van der Waals surface area contributed by atoms with Gasteiger partial charge in [0.25, 0.3) is 5.56 Å². The molecule has 3 N–H and O–H groups in total. The van der Waals surface area contributed by atoms with Crippen LogP contribution in [0.1, 0.15) is 31.5 Å². The second-order valence-electron chi connectivity index (χ2n) is 6.68. The van der Waals surface area contributed by atoms with Crippen LogP contribution in [-0.4, -0.2) is 30.8 Å². The number of hydrogen-bond acceptors (Lipinski definition) is 5. The van der Waals surface area contributed by atoms with E-state index in [9.17, 15) is 24.9 Å². The van der Waals surface area contributed by atoms with Crippen LogP contribution >= 0.6 is 0 Å². The average molecular weight is 390 g/mol. The molecule has 0 bridgehead atoms. The van der Waals surface area contributed by atoms with Gasteiger partial charge < -0.3 is 21.3 Å². The van der Waals surface area contributed by atoms with Crippen LogP contribution in [0.25, 0.3) is 22.3 Å². The summed E-state index contributed by atoms with van der Waals surface area (Å²) in [6.07, 6.45) is -0.143. The molecule has 1 atom stereocenters. The van der Waals surface area contributed by atoms with Gasteiger partial charge in [-0.1, -0.05) is 25.1 Å². The quantitative estimate of drug-likeness (QED) is 0.374. The number of fused-ring (bicyclic) bond motifs is 4. The minimum absolute atomic E-state index is 0. The number of para-hydroxylation sites is 1. The summed E-state index contributed by atoms with van der Waals surface area (Å²) in [5.74, 6) is -1.46. The minimum atomic E-state index is -2.26. The number of carboxylic acids is 1. The molecule has 3 heterocycles. The van der Waals surface area contributed by atoms with E-state index in [0.29, 0.717) is 11.4 Å². The molecule has 2 aromatic heterocycles. The standard InChI is InChI=1S/C20H18N2O5.Na.H/c1-2-20(27,19(25)26)14-8-16-17-12(9-22(16)18(24)13(14)10-23)7-11-5-3-4-6-15(11)21-17;;/h3-8,23,27H,2,9-10H2,1H3,(H,25,26);;/q;+1;-1. The van der Waals surface area contributed by atoms with Gasteiger partial charge in [0.1, 0.15) is 0 Å². The topological polar surface area (TPSA) is 113 Å². The van der Waals surface area contributed by atoms with Crippen molar-refractivity contribution >= 4 is 16.9 Å². The zero-order valence-electron chi connectivity index (χ0n) is 16.6. The normalized spacial score (nSPS) is 14.1. The number of benzene rings is 1. The summed E-state index contributed by atoms with van der Waals surface area (Å²) in [5, 5.41) is 30.9. The fraction of sp³-hybridized carbons (Fsp3) is 0.250. The van der Waals surface area contributed by atoms with Gasteiger partial charge in [-0.3, -0.25) is 4.79 Å². The van der Waals surface area contributed by atoms with Gasteiger partial charge in [0.2, 0.25) is 0 Å². The van der Waals surface area contributed by atoms with E-state index in [2.05, 4.69) is 4.98 Å². The number of nitrogens with zero attached hydrogens (tertiary/aromatic N) is 2. The molecule has 0 saturated carbocycles. The Labute approximate surface area is 184 Å². The van der Waals surface area contributed by atoms with Crippen LogP contribution in [0.3, 0.4) is 0 Å². The van der Waals surface area contributed by atoms with Crippen molar-refractivity contribution in [2.24, 2.45) is 0 Å². The SMILES string of the molecule is CCC(O)(C(=O)O)c1cc2n(c(=O)c1CO)Cc1cc3ccccc3nc1-2.[H-].[Na+]. The first-order valence-corrected chi connectivity index (χ1v) is 8.63. The van der Waals surface area contributed by atoms with Crippen LogP contribution in [0.5, 0.6) is 0 Å². The van der Waals surface area contributed by atoms with Gasteiger partial charge in [0.05, 0.1) is 30.1 Å². The summed E-state index contributed by atoms with van der Waals surface area (Å²) in [7, 11) is 0. The van der Waals surface area contributed by atoms with Crippen molar-refractivity contribution in [1.82, 2.24) is 9.55 Å². The van der Waals surface area contributed by atoms with E-state index in [1.165, 1.54) is 17.6 Å². The third-order valence-corrected chi connectivity index (χ3v) is 5.24. The Hall–Kier alpha value is -2.03.